The van der Waals surface area contributed by atoms with Crippen molar-refractivity contribution in [2.75, 3.05) is 7.11 Å². The average molecular weight is 421 g/mol. The normalized spacial score (nSPS) is 25.5. The Morgan fingerprint density at radius 2 is 1.55 bits per heavy atom. The van der Waals surface area contributed by atoms with Gasteiger partial charge in [-0.2, -0.15) is 0 Å². The molecule has 0 aliphatic heterocycles. The fourth-order valence-electron chi connectivity index (χ4n) is 5.48. The molecule has 1 nitrogen and oxygen atoms in total. The van der Waals surface area contributed by atoms with Gasteiger partial charge < -0.3 is 4.74 Å². The van der Waals surface area contributed by atoms with E-state index in [0.717, 1.165) is 36.2 Å². The number of fused-ring (bicyclic) bond motifs is 1. The van der Waals surface area contributed by atoms with Crippen molar-refractivity contribution in [1.82, 2.24) is 0 Å². The quantitative estimate of drug-likeness (QED) is 0.375. The molecule has 162 valence electrons. The summed E-state index contributed by atoms with van der Waals surface area (Å²) in [6.07, 6.45) is 11.7. The van der Waals surface area contributed by atoms with Gasteiger partial charge in [-0.05, 0) is 105 Å². The van der Waals surface area contributed by atoms with Crippen molar-refractivity contribution in [2.45, 2.75) is 51.4 Å². The number of ether oxygens (including phenoxy) is 1. The van der Waals surface area contributed by atoms with Crippen LogP contribution < -0.4 is 4.74 Å². The maximum absolute atomic E-state index is 15.0. The Bertz CT molecular complexity index is 1010. The zero-order valence-corrected chi connectivity index (χ0v) is 18.3. The number of allylic oxidation sites excluding steroid dienone is 2. The van der Waals surface area contributed by atoms with Gasteiger partial charge in [0, 0.05) is 11.1 Å². The Morgan fingerprint density at radius 3 is 2.23 bits per heavy atom. The fourth-order valence-corrected chi connectivity index (χ4v) is 5.48. The van der Waals surface area contributed by atoms with Gasteiger partial charge in [0.05, 0.1) is 7.11 Å². The Kier molecular flexibility index (Phi) is 6.76. The number of rotatable bonds is 3. The number of hydrogen-bond donors (Lipinski definition) is 0. The molecule has 0 aromatic heterocycles. The predicted octanol–water partition coefficient (Wildman–Crippen LogP) is 7.25. The molecule has 0 N–H and O–H groups in total. The first-order chi connectivity index (χ1) is 15.1. The number of halogens is 2. The van der Waals surface area contributed by atoms with Crippen molar-refractivity contribution in [3.63, 3.8) is 0 Å². The Balaban J connectivity index is 1.44. The third-order valence-corrected chi connectivity index (χ3v) is 7.06. The second-order valence-corrected chi connectivity index (χ2v) is 8.96. The van der Waals surface area contributed by atoms with Gasteiger partial charge in [-0.15, -0.1) is 0 Å². The lowest BCUT2D eigenvalue weighted by molar-refractivity contribution is 0.132. The highest BCUT2D eigenvalue weighted by Crippen LogP contribution is 2.48. The third-order valence-electron chi connectivity index (χ3n) is 7.06. The van der Waals surface area contributed by atoms with Crippen molar-refractivity contribution in [2.24, 2.45) is 17.8 Å². The van der Waals surface area contributed by atoms with Gasteiger partial charge in [0.2, 0.25) is 0 Å². The first-order valence-electron chi connectivity index (χ1n) is 11.3. The largest absolute Gasteiger partial charge is 0.494 e. The van der Waals surface area contributed by atoms with Crippen LogP contribution in [0.25, 0.3) is 0 Å². The van der Waals surface area contributed by atoms with E-state index in [1.54, 1.807) is 12.1 Å². The van der Waals surface area contributed by atoms with Crippen LogP contribution >= 0.6 is 0 Å². The lowest BCUT2D eigenvalue weighted by Gasteiger charge is -2.41. The van der Waals surface area contributed by atoms with Crippen LogP contribution in [-0.4, -0.2) is 7.11 Å². The van der Waals surface area contributed by atoms with Crippen LogP contribution in [0.5, 0.6) is 5.75 Å². The van der Waals surface area contributed by atoms with E-state index in [2.05, 4.69) is 30.9 Å². The number of hydrogen-bond acceptors (Lipinski definition) is 1. The van der Waals surface area contributed by atoms with Crippen LogP contribution in [-0.2, 0) is 0 Å². The molecule has 0 spiro atoms. The predicted molar refractivity (Wildman–Crippen MR) is 121 cm³/mol. The van der Waals surface area contributed by atoms with E-state index in [9.17, 15) is 8.78 Å². The summed E-state index contributed by atoms with van der Waals surface area (Å²) >= 11 is 0. The van der Waals surface area contributed by atoms with E-state index in [0.29, 0.717) is 17.0 Å². The van der Waals surface area contributed by atoms with Gasteiger partial charge in [0.1, 0.15) is 5.82 Å². The molecule has 3 heteroatoms. The van der Waals surface area contributed by atoms with Crippen LogP contribution in [0.15, 0.2) is 48.6 Å². The summed E-state index contributed by atoms with van der Waals surface area (Å²) in [5.74, 6) is 7.99. The van der Waals surface area contributed by atoms with Crippen molar-refractivity contribution in [3.05, 3.63) is 76.9 Å². The lowest BCUT2D eigenvalue weighted by Crippen LogP contribution is -2.30. The summed E-state index contributed by atoms with van der Waals surface area (Å²) in [4.78, 5) is 0. The molecule has 0 saturated heterocycles. The van der Waals surface area contributed by atoms with Crippen LogP contribution in [0.4, 0.5) is 8.78 Å². The molecule has 0 amide bonds. The molecule has 2 aromatic rings. The van der Waals surface area contributed by atoms with Crippen LogP contribution in [0.3, 0.4) is 0 Å². The minimum atomic E-state index is -0.453. The van der Waals surface area contributed by atoms with Crippen LogP contribution in [0.2, 0.25) is 0 Å². The van der Waals surface area contributed by atoms with Gasteiger partial charge in [-0.25, -0.2) is 8.78 Å². The monoisotopic (exact) mass is 420 g/mol. The fraction of sp³-hybridized carbons (Fsp3) is 0.429. The molecule has 31 heavy (non-hydrogen) atoms. The van der Waals surface area contributed by atoms with Crippen molar-refractivity contribution < 1.29 is 13.5 Å². The Labute approximate surface area is 184 Å². The first-order valence-corrected chi connectivity index (χ1v) is 11.3. The Hall–Kier alpha value is -2.60. The summed E-state index contributed by atoms with van der Waals surface area (Å²) in [7, 11) is 1.43. The molecule has 2 aliphatic carbocycles. The lowest BCUT2D eigenvalue weighted by atomic mass is 9.64. The zero-order valence-electron chi connectivity index (χ0n) is 18.3. The molecule has 0 radical (unpaired) electrons. The van der Waals surface area contributed by atoms with E-state index in [4.69, 9.17) is 4.74 Å². The highest BCUT2D eigenvalue weighted by atomic mass is 19.1. The maximum Gasteiger partial charge on any atom is 0.166 e. The topological polar surface area (TPSA) is 9.23 Å². The number of methoxy groups -OCH3 is 1. The molecule has 4 atom stereocenters. The zero-order chi connectivity index (χ0) is 21.8. The highest BCUT2D eigenvalue weighted by molar-refractivity contribution is 5.46. The van der Waals surface area contributed by atoms with E-state index in [1.807, 2.05) is 12.1 Å². The van der Waals surface area contributed by atoms with Crippen LogP contribution in [0, 0.1) is 41.2 Å². The molecule has 2 saturated carbocycles. The van der Waals surface area contributed by atoms with E-state index in [1.165, 1.54) is 44.9 Å². The summed E-state index contributed by atoms with van der Waals surface area (Å²) in [5, 5.41) is 0. The second-order valence-electron chi connectivity index (χ2n) is 8.96. The highest BCUT2D eigenvalue weighted by Gasteiger charge is 2.35. The van der Waals surface area contributed by atoms with Gasteiger partial charge in [0.15, 0.2) is 11.6 Å². The maximum atomic E-state index is 15.0. The van der Waals surface area contributed by atoms with E-state index < -0.39 is 5.82 Å². The van der Waals surface area contributed by atoms with Gasteiger partial charge in [-0.1, -0.05) is 30.1 Å². The molecule has 0 heterocycles. The summed E-state index contributed by atoms with van der Waals surface area (Å²) in [5.41, 5.74) is 1.97. The smallest absolute Gasteiger partial charge is 0.166 e. The van der Waals surface area contributed by atoms with E-state index in [-0.39, 0.29) is 11.6 Å². The third kappa shape index (κ3) is 5.01. The van der Waals surface area contributed by atoms with Crippen molar-refractivity contribution in [1.29, 1.82) is 0 Å². The van der Waals surface area contributed by atoms with Gasteiger partial charge in [-0.3, -0.25) is 0 Å². The minimum Gasteiger partial charge on any atom is -0.494 e. The standard InChI is InChI=1S/C28H30F2O/c1-3-4-19-7-10-23-18-24(12-11-22(23)15-19)25-13-8-20(16-26(25)29)5-6-21-9-14-28(31-2)27(30)17-21/h3-4,8-9,13-14,16-17,19,22-24H,7,10-12,15,18H2,1-2H3/b4-3+. The molecule has 2 fully saturated rings. The molecular formula is C28H30F2O. The van der Waals surface area contributed by atoms with Crippen molar-refractivity contribution >= 4 is 0 Å². The molecule has 2 aromatic carbocycles. The SMILES string of the molecule is C/C=C/C1CCC2CC(c3ccc(C#Cc4ccc(OC)c(F)c4)cc3F)CCC2C1. The van der Waals surface area contributed by atoms with Gasteiger partial charge >= 0.3 is 0 Å². The van der Waals surface area contributed by atoms with Crippen LogP contribution in [0.1, 0.15) is 68.1 Å². The van der Waals surface area contributed by atoms with Crippen molar-refractivity contribution in [3.8, 4) is 17.6 Å². The average Bonchev–Trinajstić information content (AvgIpc) is 2.78. The molecule has 4 unspecified atom stereocenters. The summed E-state index contributed by atoms with van der Waals surface area (Å²) in [6.45, 7) is 2.11. The molecule has 2 aliphatic rings. The number of benzene rings is 2. The minimum absolute atomic E-state index is 0.168. The second kappa shape index (κ2) is 9.69. The summed E-state index contributed by atoms with van der Waals surface area (Å²) in [6, 6.07) is 9.90. The van der Waals surface area contributed by atoms with Gasteiger partial charge in [0.25, 0.3) is 0 Å². The molecule has 0 bridgehead atoms. The molecular weight excluding hydrogens is 390 g/mol. The Morgan fingerprint density at radius 1 is 0.871 bits per heavy atom. The summed E-state index contributed by atoms with van der Waals surface area (Å²) < 4.78 is 33.7. The van der Waals surface area contributed by atoms with E-state index >= 15 is 0 Å². The molecule has 4 rings (SSSR count). The first kappa shape index (κ1) is 21.6.